The van der Waals surface area contributed by atoms with Crippen LogP contribution in [0.3, 0.4) is 0 Å². The van der Waals surface area contributed by atoms with Crippen LogP contribution in [0.15, 0.2) is 42.7 Å². The van der Waals surface area contributed by atoms with Gasteiger partial charge in [-0.2, -0.15) is 9.78 Å². The Labute approximate surface area is 167 Å². The number of ether oxygens (including phenoxy) is 1. The van der Waals surface area contributed by atoms with Gasteiger partial charge in [0.2, 0.25) is 5.91 Å². The van der Waals surface area contributed by atoms with Gasteiger partial charge in [-0.3, -0.25) is 4.79 Å². The standard InChI is InChI=1S/C20H21N5O2S/c1-12(2)27-15-7-4-6-14(10-15)18-17-13(3)24-25(20-21-8-5-9-22-20)19(17)23-16(26)11-28-18/h4-10,12,18H,11H2,1-3H3,(H,23,26). The number of fused-ring (bicyclic) bond motifs is 1. The number of amides is 1. The van der Waals surface area contributed by atoms with Crippen LogP contribution in [0.1, 0.15) is 35.9 Å². The highest BCUT2D eigenvalue weighted by molar-refractivity contribution is 8.00. The van der Waals surface area contributed by atoms with Gasteiger partial charge < -0.3 is 10.1 Å². The Hall–Kier alpha value is -2.87. The summed E-state index contributed by atoms with van der Waals surface area (Å²) < 4.78 is 7.47. The Morgan fingerprint density at radius 2 is 2.04 bits per heavy atom. The van der Waals surface area contributed by atoms with Gasteiger partial charge in [0.25, 0.3) is 5.95 Å². The van der Waals surface area contributed by atoms with Crippen LogP contribution in [0, 0.1) is 6.92 Å². The SMILES string of the molecule is Cc1nn(-c2ncccn2)c2c1C(c1cccc(OC(C)C)c1)SCC(=O)N2. The van der Waals surface area contributed by atoms with E-state index in [0.717, 1.165) is 22.6 Å². The van der Waals surface area contributed by atoms with Crippen molar-refractivity contribution in [2.75, 3.05) is 11.1 Å². The van der Waals surface area contributed by atoms with Gasteiger partial charge in [0, 0.05) is 18.0 Å². The first-order chi connectivity index (χ1) is 13.5. The summed E-state index contributed by atoms with van der Waals surface area (Å²) >= 11 is 1.58. The molecule has 3 heterocycles. The molecule has 1 aliphatic heterocycles. The number of benzene rings is 1. The zero-order valence-electron chi connectivity index (χ0n) is 15.9. The number of aromatic nitrogens is 4. The molecule has 0 radical (unpaired) electrons. The molecule has 1 N–H and O–H groups in total. The van der Waals surface area contributed by atoms with Gasteiger partial charge in [-0.25, -0.2) is 9.97 Å². The predicted molar refractivity (Wildman–Crippen MR) is 109 cm³/mol. The van der Waals surface area contributed by atoms with Crippen molar-refractivity contribution in [3.8, 4) is 11.7 Å². The molecule has 1 aliphatic rings. The number of hydrogen-bond acceptors (Lipinski definition) is 6. The Morgan fingerprint density at radius 3 is 2.79 bits per heavy atom. The predicted octanol–water partition coefficient (Wildman–Crippen LogP) is 3.53. The molecule has 0 aliphatic carbocycles. The van der Waals surface area contributed by atoms with E-state index >= 15 is 0 Å². The third-order valence-electron chi connectivity index (χ3n) is 4.28. The number of carbonyl (C=O) groups excluding carboxylic acids is 1. The second-order valence-corrected chi connectivity index (χ2v) is 7.88. The van der Waals surface area contributed by atoms with E-state index in [-0.39, 0.29) is 17.3 Å². The maximum Gasteiger partial charge on any atom is 0.252 e. The molecule has 3 aromatic rings. The summed E-state index contributed by atoms with van der Waals surface area (Å²) in [6.45, 7) is 5.95. The van der Waals surface area contributed by atoms with Crippen LogP contribution in [0.5, 0.6) is 5.75 Å². The number of anilines is 1. The first kappa shape index (κ1) is 18.5. The number of aryl methyl sites for hydroxylation is 1. The zero-order valence-corrected chi connectivity index (χ0v) is 16.7. The van der Waals surface area contributed by atoms with Crippen LogP contribution in [0.2, 0.25) is 0 Å². The molecule has 4 rings (SSSR count). The van der Waals surface area contributed by atoms with Gasteiger partial charge in [0.1, 0.15) is 11.6 Å². The largest absolute Gasteiger partial charge is 0.491 e. The van der Waals surface area contributed by atoms with E-state index in [1.54, 1.807) is 34.9 Å². The Morgan fingerprint density at radius 1 is 1.25 bits per heavy atom. The lowest BCUT2D eigenvalue weighted by Crippen LogP contribution is -2.16. The fourth-order valence-electron chi connectivity index (χ4n) is 3.22. The fourth-order valence-corrected chi connectivity index (χ4v) is 4.39. The van der Waals surface area contributed by atoms with E-state index in [2.05, 4.69) is 26.4 Å². The van der Waals surface area contributed by atoms with Crippen molar-refractivity contribution in [3.05, 3.63) is 59.5 Å². The summed E-state index contributed by atoms with van der Waals surface area (Å²) in [5.74, 6) is 2.15. The third kappa shape index (κ3) is 3.60. The Balaban J connectivity index is 1.82. The van der Waals surface area contributed by atoms with Crippen LogP contribution in [-0.4, -0.2) is 37.5 Å². The average molecular weight is 395 g/mol. The summed E-state index contributed by atoms with van der Waals surface area (Å²) in [4.78, 5) is 21.0. The summed E-state index contributed by atoms with van der Waals surface area (Å²) in [7, 11) is 0. The van der Waals surface area contributed by atoms with Gasteiger partial charge in [0.05, 0.1) is 22.8 Å². The van der Waals surface area contributed by atoms with Crippen LogP contribution in [0.4, 0.5) is 5.82 Å². The molecule has 144 valence electrons. The van der Waals surface area contributed by atoms with E-state index in [1.807, 2.05) is 39.0 Å². The number of nitrogens with zero attached hydrogens (tertiary/aromatic N) is 4. The highest BCUT2D eigenvalue weighted by atomic mass is 32.2. The normalized spacial score (nSPS) is 16.4. The molecule has 7 nitrogen and oxygen atoms in total. The van der Waals surface area contributed by atoms with Crippen molar-refractivity contribution >= 4 is 23.5 Å². The lowest BCUT2D eigenvalue weighted by Gasteiger charge is -2.17. The van der Waals surface area contributed by atoms with Gasteiger partial charge in [-0.05, 0) is 44.5 Å². The van der Waals surface area contributed by atoms with Gasteiger partial charge in [-0.15, -0.1) is 11.8 Å². The minimum absolute atomic E-state index is 0.0536. The van der Waals surface area contributed by atoms with E-state index in [1.165, 1.54) is 0 Å². The lowest BCUT2D eigenvalue weighted by molar-refractivity contribution is -0.113. The first-order valence-corrected chi connectivity index (χ1v) is 10.1. The summed E-state index contributed by atoms with van der Waals surface area (Å²) in [5.41, 5.74) is 2.86. The maximum absolute atomic E-state index is 12.4. The first-order valence-electron chi connectivity index (χ1n) is 9.08. The van der Waals surface area contributed by atoms with Crippen molar-refractivity contribution in [2.24, 2.45) is 0 Å². The molecule has 2 aromatic heterocycles. The maximum atomic E-state index is 12.4. The second kappa shape index (κ2) is 7.63. The minimum Gasteiger partial charge on any atom is -0.491 e. The monoisotopic (exact) mass is 395 g/mol. The van der Waals surface area contributed by atoms with Crippen LogP contribution < -0.4 is 10.1 Å². The molecule has 0 saturated carbocycles. The topological polar surface area (TPSA) is 81.9 Å². The van der Waals surface area contributed by atoms with Crippen LogP contribution >= 0.6 is 11.8 Å². The van der Waals surface area contributed by atoms with Crippen molar-refractivity contribution < 1.29 is 9.53 Å². The van der Waals surface area contributed by atoms with Crippen molar-refractivity contribution in [1.82, 2.24) is 19.7 Å². The molecule has 0 spiro atoms. The quantitative estimate of drug-likeness (QED) is 0.728. The molecule has 1 unspecified atom stereocenters. The summed E-state index contributed by atoms with van der Waals surface area (Å²) in [5, 5.41) is 7.55. The number of hydrogen-bond donors (Lipinski definition) is 1. The number of thioether (sulfide) groups is 1. The summed E-state index contributed by atoms with van der Waals surface area (Å²) in [6, 6.07) is 9.76. The van der Waals surface area contributed by atoms with Gasteiger partial charge in [-0.1, -0.05) is 12.1 Å². The minimum atomic E-state index is -0.0691. The number of carbonyl (C=O) groups is 1. The van der Waals surface area contributed by atoms with Crippen LogP contribution in [-0.2, 0) is 4.79 Å². The Kier molecular flexibility index (Phi) is 5.04. The number of rotatable bonds is 4. The van der Waals surface area contributed by atoms with Crippen LogP contribution in [0.25, 0.3) is 5.95 Å². The van der Waals surface area contributed by atoms with E-state index < -0.39 is 0 Å². The molecule has 28 heavy (non-hydrogen) atoms. The highest BCUT2D eigenvalue weighted by Crippen LogP contribution is 2.44. The molecule has 0 fully saturated rings. The smallest absolute Gasteiger partial charge is 0.252 e. The zero-order chi connectivity index (χ0) is 19.7. The van der Waals surface area contributed by atoms with E-state index in [4.69, 9.17) is 4.74 Å². The molecule has 0 bridgehead atoms. The fraction of sp³-hybridized carbons (Fsp3) is 0.300. The summed E-state index contributed by atoms with van der Waals surface area (Å²) in [6.07, 6.45) is 3.41. The van der Waals surface area contributed by atoms with E-state index in [9.17, 15) is 4.79 Å². The molecular weight excluding hydrogens is 374 g/mol. The molecular formula is C20H21N5O2S. The van der Waals surface area contributed by atoms with E-state index in [0.29, 0.717) is 17.5 Å². The number of nitrogens with one attached hydrogen (secondary N) is 1. The molecule has 8 heteroatoms. The third-order valence-corrected chi connectivity index (χ3v) is 5.55. The second-order valence-electron chi connectivity index (χ2n) is 6.79. The van der Waals surface area contributed by atoms with Crippen molar-refractivity contribution in [2.45, 2.75) is 32.1 Å². The lowest BCUT2D eigenvalue weighted by atomic mass is 10.0. The highest BCUT2D eigenvalue weighted by Gasteiger charge is 2.31. The molecule has 1 atom stereocenters. The Bertz CT molecular complexity index is 1000. The van der Waals surface area contributed by atoms with Crippen molar-refractivity contribution in [3.63, 3.8) is 0 Å². The molecule has 1 aromatic carbocycles. The van der Waals surface area contributed by atoms with Crippen molar-refractivity contribution in [1.29, 1.82) is 0 Å². The van der Waals surface area contributed by atoms with Gasteiger partial charge in [0.15, 0.2) is 0 Å². The average Bonchev–Trinajstić information content (AvgIpc) is 2.88. The molecule has 0 saturated heterocycles. The van der Waals surface area contributed by atoms with Gasteiger partial charge >= 0.3 is 0 Å². The molecule has 1 amide bonds.